The van der Waals surface area contributed by atoms with Crippen LogP contribution in [0.25, 0.3) is 0 Å². The van der Waals surface area contributed by atoms with E-state index >= 15 is 0 Å². The molecule has 0 fully saturated rings. The minimum atomic E-state index is -1.04. The lowest BCUT2D eigenvalue weighted by molar-refractivity contribution is 0.0698. The molecule has 0 aliphatic carbocycles. The lowest BCUT2D eigenvalue weighted by Gasteiger charge is -2.19. The van der Waals surface area contributed by atoms with Crippen molar-refractivity contribution in [3.05, 3.63) is 51.9 Å². The summed E-state index contributed by atoms with van der Waals surface area (Å²) in [6, 6.07) is 8.93. The third-order valence-electron chi connectivity index (χ3n) is 3.33. The van der Waals surface area contributed by atoms with Gasteiger partial charge in [-0.25, -0.2) is 4.79 Å². The fraction of sp³-hybridized carbons (Fsp3) is 0.294. The second kappa shape index (κ2) is 5.93. The van der Waals surface area contributed by atoms with Crippen molar-refractivity contribution in [1.82, 2.24) is 0 Å². The first kappa shape index (κ1) is 16.2. The summed E-state index contributed by atoms with van der Waals surface area (Å²) in [6.07, 6.45) is 0. The number of rotatable bonds is 3. The summed E-state index contributed by atoms with van der Waals surface area (Å²) in [6.45, 7) is 8.13. The van der Waals surface area contributed by atoms with E-state index < -0.39 is 5.97 Å². The van der Waals surface area contributed by atoms with E-state index in [4.69, 9.17) is 5.11 Å². The van der Waals surface area contributed by atoms with Crippen LogP contribution in [-0.2, 0) is 5.41 Å². The number of carboxylic acids is 1. The van der Waals surface area contributed by atoms with Gasteiger partial charge in [0, 0.05) is 10.4 Å². The lowest BCUT2D eigenvalue weighted by atomic mass is 9.87. The van der Waals surface area contributed by atoms with Gasteiger partial charge in [-0.05, 0) is 36.1 Å². The van der Waals surface area contributed by atoms with E-state index in [1.165, 1.54) is 11.3 Å². The molecule has 1 amide bonds. The fourth-order valence-electron chi connectivity index (χ4n) is 2.06. The normalized spacial score (nSPS) is 11.3. The maximum Gasteiger partial charge on any atom is 0.338 e. The number of carbonyl (C=O) groups is 2. The van der Waals surface area contributed by atoms with Gasteiger partial charge in [-0.3, -0.25) is 4.79 Å². The van der Waals surface area contributed by atoms with Gasteiger partial charge in [0.05, 0.1) is 5.56 Å². The Balaban J connectivity index is 2.21. The predicted molar refractivity (Wildman–Crippen MR) is 89.1 cm³/mol. The molecule has 0 saturated heterocycles. The van der Waals surface area contributed by atoms with E-state index in [2.05, 4.69) is 26.1 Å². The van der Waals surface area contributed by atoms with Crippen LogP contribution in [0.5, 0.6) is 0 Å². The molecule has 2 aromatic rings. The van der Waals surface area contributed by atoms with Gasteiger partial charge in [0.15, 0.2) is 0 Å². The number of benzene rings is 1. The molecule has 1 aromatic carbocycles. The van der Waals surface area contributed by atoms with E-state index in [-0.39, 0.29) is 16.9 Å². The van der Waals surface area contributed by atoms with E-state index in [1.807, 2.05) is 19.1 Å². The van der Waals surface area contributed by atoms with Crippen molar-refractivity contribution in [1.29, 1.82) is 0 Å². The molecular formula is C17H19NO3S. The smallest absolute Gasteiger partial charge is 0.338 e. The Morgan fingerprint density at radius 1 is 1.14 bits per heavy atom. The number of anilines is 1. The molecule has 0 radical (unpaired) electrons. The highest BCUT2D eigenvalue weighted by Gasteiger charge is 2.18. The van der Waals surface area contributed by atoms with Crippen LogP contribution >= 0.6 is 11.3 Å². The van der Waals surface area contributed by atoms with Gasteiger partial charge in [-0.15, -0.1) is 11.3 Å². The van der Waals surface area contributed by atoms with Crippen molar-refractivity contribution < 1.29 is 14.7 Å². The van der Waals surface area contributed by atoms with Crippen LogP contribution in [0.3, 0.4) is 0 Å². The van der Waals surface area contributed by atoms with Crippen LogP contribution in [0.2, 0.25) is 0 Å². The van der Waals surface area contributed by atoms with Crippen molar-refractivity contribution in [2.75, 3.05) is 5.32 Å². The monoisotopic (exact) mass is 317 g/mol. The summed E-state index contributed by atoms with van der Waals surface area (Å²) >= 11 is 1.26. The SMILES string of the molecule is Cc1cc(C(=O)O)c(NC(=O)c2ccc(C(C)(C)C)cc2)s1. The number of nitrogens with one attached hydrogen (secondary N) is 1. The number of thiophene rings is 1. The molecule has 1 heterocycles. The molecule has 22 heavy (non-hydrogen) atoms. The first-order valence-corrected chi connectivity index (χ1v) is 7.76. The topological polar surface area (TPSA) is 66.4 Å². The molecule has 5 heteroatoms. The van der Waals surface area contributed by atoms with E-state index in [1.54, 1.807) is 18.2 Å². The molecule has 1 aromatic heterocycles. The van der Waals surface area contributed by atoms with Gasteiger partial charge in [0.25, 0.3) is 5.91 Å². The van der Waals surface area contributed by atoms with E-state index in [0.29, 0.717) is 10.6 Å². The summed E-state index contributed by atoms with van der Waals surface area (Å²) in [5, 5.41) is 12.2. The van der Waals surface area contributed by atoms with E-state index in [0.717, 1.165) is 10.4 Å². The molecule has 0 atom stereocenters. The third-order valence-corrected chi connectivity index (χ3v) is 4.29. The van der Waals surface area contributed by atoms with Crippen molar-refractivity contribution in [3.63, 3.8) is 0 Å². The minimum Gasteiger partial charge on any atom is -0.478 e. The van der Waals surface area contributed by atoms with Crippen molar-refractivity contribution in [3.8, 4) is 0 Å². The molecular weight excluding hydrogens is 298 g/mol. The summed E-state index contributed by atoms with van der Waals surface area (Å²) in [7, 11) is 0. The third kappa shape index (κ3) is 3.54. The Labute approximate surface area is 133 Å². The molecule has 2 N–H and O–H groups in total. The Bertz CT molecular complexity index is 708. The number of hydrogen-bond acceptors (Lipinski definition) is 3. The van der Waals surface area contributed by atoms with Gasteiger partial charge < -0.3 is 10.4 Å². The summed E-state index contributed by atoms with van der Waals surface area (Å²) in [5.41, 5.74) is 1.80. The zero-order valence-corrected chi connectivity index (χ0v) is 13.9. The highest BCUT2D eigenvalue weighted by atomic mass is 32.1. The number of carbonyl (C=O) groups excluding carboxylic acids is 1. The number of aryl methyl sites for hydroxylation is 1. The number of carboxylic acid groups (broad SMARTS) is 1. The molecule has 0 aliphatic rings. The van der Waals surface area contributed by atoms with Crippen LogP contribution in [0.15, 0.2) is 30.3 Å². The zero-order valence-electron chi connectivity index (χ0n) is 13.1. The van der Waals surface area contributed by atoms with Crippen molar-refractivity contribution in [2.45, 2.75) is 33.1 Å². The van der Waals surface area contributed by atoms with Crippen LogP contribution in [0.1, 0.15) is 51.9 Å². The maximum absolute atomic E-state index is 12.3. The van der Waals surface area contributed by atoms with Crippen LogP contribution in [-0.4, -0.2) is 17.0 Å². The van der Waals surface area contributed by atoms with Gasteiger partial charge in [0.1, 0.15) is 5.00 Å². The standard InChI is InChI=1S/C17H19NO3S/c1-10-9-13(16(20)21)15(22-10)18-14(19)11-5-7-12(8-6-11)17(2,3)4/h5-9H,1-4H3,(H,18,19)(H,20,21). The van der Waals surface area contributed by atoms with Gasteiger partial charge in [-0.2, -0.15) is 0 Å². The average molecular weight is 317 g/mol. The quantitative estimate of drug-likeness (QED) is 0.886. The molecule has 0 unspecified atom stereocenters. The summed E-state index contributed by atoms with van der Waals surface area (Å²) in [4.78, 5) is 24.3. The molecule has 0 bridgehead atoms. The molecule has 4 nitrogen and oxygen atoms in total. The fourth-order valence-corrected chi connectivity index (χ4v) is 2.96. The molecule has 116 valence electrons. The van der Waals surface area contributed by atoms with Crippen LogP contribution in [0, 0.1) is 6.92 Å². The second-order valence-electron chi connectivity index (χ2n) is 6.19. The number of aromatic carboxylic acids is 1. The molecule has 0 saturated carbocycles. The van der Waals surface area contributed by atoms with Crippen molar-refractivity contribution in [2.24, 2.45) is 0 Å². The molecule has 0 spiro atoms. The van der Waals surface area contributed by atoms with Crippen molar-refractivity contribution >= 4 is 28.2 Å². The largest absolute Gasteiger partial charge is 0.478 e. The Morgan fingerprint density at radius 2 is 1.73 bits per heavy atom. The Hall–Kier alpha value is -2.14. The Morgan fingerprint density at radius 3 is 2.23 bits per heavy atom. The van der Waals surface area contributed by atoms with Crippen LogP contribution in [0.4, 0.5) is 5.00 Å². The zero-order chi connectivity index (χ0) is 16.5. The van der Waals surface area contributed by atoms with E-state index in [9.17, 15) is 9.59 Å². The minimum absolute atomic E-state index is 0.0242. The predicted octanol–water partition coefficient (Wildman–Crippen LogP) is 4.30. The maximum atomic E-state index is 12.3. The lowest BCUT2D eigenvalue weighted by Crippen LogP contribution is -2.15. The average Bonchev–Trinajstić information content (AvgIpc) is 2.79. The Kier molecular flexibility index (Phi) is 4.37. The highest BCUT2D eigenvalue weighted by Crippen LogP contribution is 2.28. The first-order chi connectivity index (χ1) is 10.2. The molecule has 2 rings (SSSR count). The first-order valence-electron chi connectivity index (χ1n) is 6.94. The van der Waals surface area contributed by atoms with Gasteiger partial charge in [0.2, 0.25) is 0 Å². The summed E-state index contributed by atoms with van der Waals surface area (Å²) < 4.78 is 0. The molecule has 0 aliphatic heterocycles. The second-order valence-corrected chi connectivity index (χ2v) is 7.44. The highest BCUT2D eigenvalue weighted by molar-refractivity contribution is 7.16. The van der Waals surface area contributed by atoms with Crippen LogP contribution < -0.4 is 5.32 Å². The summed E-state index contributed by atoms with van der Waals surface area (Å²) in [5.74, 6) is -1.34. The number of amides is 1. The van der Waals surface area contributed by atoms with Gasteiger partial charge >= 0.3 is 5.97 Å². The number of hydrogen-bond donors (Lipinski definition) is 2. The van der Waals surface area contributed by atoms with Gasteiger partial charge in [-0.1, -0.05) is 32.9 Å².